The highest BCUT2D eigenvalue weighted by atomic mass is 16.5. The van der Waals surface area contributed by atoms with Crippen molar-refractivity contribution in [2.75, 3.05) is 6.54 Å². The van der Waals surface area contributed by atoms with E-state index in [0.29, 0.717) is 17.7 Å². The Labute approximate surface area is 130 Å². The molecule has 1 atom stereocenters. The van der Waals surface area contributed by atoms with Crippen molar-refractivity contribution in [3.8, 4) is 0 Å². The van der Waals surface area contributed by atoms with Crippen molar-refractivity contribution in [1.82, 2.24) is 19.8 Å². The molecule has 0 bridgehead atoms. The molecule has 118 valence electrons. The molecular weight excluding hydrogens is 280 g/mol. The number of nitrogens with zero attached hydrogens (tertiary/aromatic N) is 4. The van der Waals surface area contributed by atoms with Gasteiger partial charge in [-0.15, -0.1) is 0 Å². The van der Waals surface area contributed by atoms with Crippen LogP contribution in [0.25, 0.3) is 0 Å². The molecular formula is C16H22N4O2. The van der Waals surface area contributed by atoms with Crippen molar-refractivity contribution in [3.63, 3.8) is 0 Å². The molecule has 3 rings (SSSR count). The minimum absolute atomic E-state index is 0.0435. The molecule has 1 saturated heterocycles. The Morgan fingerprint density at radius 1 is 1.45 bits per heavy atom. The van der Waals surface area contributed by atoms with E-state index in [1.807, 2.05) is 35.8 Å². The Balaban J connectivity index is 1.80. The van der Waals surface area contributed by atoms with Crippen molar-refractivity contribution in [3.05, 3.63) is 35.0 Å². The van der Waals surface area contributed by atoms with Crippen LogP contribution in [0.4, 0.5) is 0 Å². The fourth-order valence-electron chi connectivity index (χ4n) is 3.15. The minimum atomic E-state index is 0.0435. The van der Waals surface area contributed by atoms with Crippen molar-refractivity contribution >= 4 is 5.91 Å². The molecule has 0 aliphatic carbocycles. The number of carbonyl (C=O) groups excluding carboxylic acids is 1. The minimum Gasteiger partial charge on any atom is -0.361 e. The molecule has 1 aliphatic heterocycles. The molecule has 0 radical (unpaired) electrons. The molecule has 2 aromatic heterocycles. The molecule has 0 saturated carbocycles. The van der Waals surface area contributed by atoms with Gasteiger partial charge in [0.15, 0.2) is 0 Å². The van der Waals surface area contributed by atoms with Crippen LogP contribution in [-0.2, 0) is 13.0 Å². The second kappa shape index (κ2) is 5.94. The summed E-state index contributed by atoms with van der Waals surface area (Å²) in [6, 6.07) is 0.186. The van der Waals surface area contributed by atoms with Gasteiger partial charge in [0.05, 0.1) is 24.5 Å². The van der Waals surface area contributed by atoms with Gasteiger partial charge in [-0.2, -0.15) is 5.10 Å². The Bertz CT molecular complexity index is 673. The number of rotatable bonds is 4. The quantitative estimate of drug-likeness (QED) is 0.869. The van der Waals surface area contributed by atoms with Gasteiger partial charge < -0.3 is 9.42 Å². The zero-order valence-electron chi connectivity index (χ0n) is 13.4. The van der Waals surface area contributed by atoms with E-state index in [9.17, 15) is 4.79 Å². The predicted molar refractivity (Wildman–Crippen MR) is 81.6 cm³/mol. The van der Waals surface area contributed by atoms with Crippen LogP contribution in [0, 0.1) is 13.8 Å². The van der Waals surface area contributed by atoms with E-state index in [4.69, 9.17) is 4.52 Å². The van der Waals surface area contributed by atoms with Crippen molar-refractivity contribution in [2.24, 2.45) is 0 Å². The number of amides is 1. The molecule has 1 aliphatic rings. The molecule has 6 nitrogen and oxygen atoms in total. The first kappa shape index (κ1) is 14.8. The zero-order chi connectivity index (χ0) is 15.7. The van der Waals surface area contributed by atoms with Crippen molar-refractivity contribution in [1.29, 1.82) is 0 Å². The summed E-state index contributed by atoms with van der Waals surface area (Å²) in [6.07, 6.45) is 6.61. The van der Waals surface area contributed by atoms with E-state index in [0.717, 1.165) is 37.2 Å². The van der Waals surface area contributed by atoms with Crippen LogP contribution in [0.2, 0.25) is 0 Å². The van der Waals surface area contributed by atoms with Crippen LogP contribution in [0.15, 0.2) is 16.9 Å². The third-order valence-corrected chi connectivity index (χ3v) is 4.28. The van der Waals surface area contributed by atoms with Gasteiger partial charge >= 0.3 is 0 Å². The van der Waals surface area contributed by atoms with Gasteiger partial charge in [-0.05, 0) is 38.7 Å². The second-order valence-electron chi connectivity index (χ2n) is 5.95. The second-order valence-corrected chi connectivity index (χ2v) is 5.95. The smallest absolute Gasteiger partial charge is 0.259 e. The highest BCUT2D eigenvalue weighted by molar-refractivity contribution is 5.96. The maximum atomic E-state index is 12.9. The lowest BCUT2D eigenvalue weighted by atomic mass is 10.1. The van der Waals surface area contributed by atoms with E-state index in [1.54, 1.807) is 6.92 Å². The Morgan fingerprint density at radius 3 is 2.95 bits per heavy atom. The van der Waals surface area contributed by atoms with Crippen LogP contribution in [0.5, 0.6) is 0 Å². The van der Waals surface area contributed by atoms with Gasteiger partial charge in [0, 0.05) is 12.7 Å². The predicted octanol–water partition coefficient (Wildman–Crippen LogP) is 2.36. The summed E-state index contributed by atoms with van der Waals surface area (Å²) in [7, 11) is 0. The summed E-state index contributed by atoms with van der Waals surface area (Å²) in [5.74, 6) is 0.657. The average molecular weight is 302 g/mol. The third kappa shape index (κ3) is 2.65. The first-order chi connectivity index (χ1) is 10.6. The van der Waals surface area contributed by atoms with E-state index < -0.39 is 0 Å². The molecule has 0 N–H and O–H groups in total. The summed E-state index contributed by atoms with van der Waals surface area (Å²) in [5, 5.41) is 8.33. The summed E-state index contributed by atoms with van der Waals surface area (Å²) < 4.78 is 7.13. The van der Waals surface area contributed by atoms with E-state index >= 15 is 0 Å². The zero-order valence-corrected chi connectivity index (χ0v) is 13.4. The topological polar surface area (TPSA) is 64.2 Å². The van der Waals surface area contributed by atoms with E-state index in [2.05, 4.69) is 10.3 Å². The molecule has 22 heavy (non-hydrogen) atoms. The fourth-order valence-corrected chi connectivity index (χ4v) is 3.15. The molecule has 1 amide bonds. The Hall–Kier alpha value is -2.11. The fraction of sp³-hybridized carbons (Fsp3) is 0.562. The first-order valence-corrected chi connectivity index (χ1v) is 7.85. The van der Waals surface area contributed by atoms with Crippen molar-refractivity contribution in [2.45, 2.75) is 52.6 Å². The van der Waals surface area contributed by atoms with Gasteiger partial charge in [0.2, 0.25) is 0 Å². The molecule has 1 fully saturated rings. The Kier molecular flexibility index (Phi) is 4.00. The van der Waals surface area contributed by atoms with Crippen LogP contribution < -0.4 is 0 Å². The maximum absolute atomic E-state index is 12.9. The normalized spacial score (nSPS) is 18.1. The van der Waals surface area contributed by atoms with Crippen LogP contribution in [0.1, 0.15) is 47.1 Å². The molecule has 0 aromatic carbocycles. The van der Waals surface area contributed by atoms with Gasteiger partial charge in [0.1, 0.15) is 11.3 Å². The van der Waals surface area contributed by atoms with Crippen LogP contribution in [-0.4, -0.2) is 38.3 Å². The largest absolute Gasteiger partial charge is 0.361 e. The summed E-state index contributed by atoms with van der Waals surface area (Å²) in [5.41, 5.74) is 2.54. The number of aromatic nitrogens is 3. The standard InChI is InChI=1S/C16H22N4O2/c1-4-14-15(12(3)22-18-14)16(21)20-7-5-6-13(20)10-19-9-11(2)8-17-19/h8-9,13H,4-7,10H2,1-3H3/t13-/m1/s1. The molecule has 3 heterocycles. The third-order valence-electron chi connectivity index (χ3n) is 4.28. The van der Waals surface area contributed by atoms with Gasteiger partial charge in [-0.1, -0.05) is 12.1 Å². The van der Waals surface area contributed by atoms with E-state index in [1.165, 1.54) is 0 Å². The Morgan fingerprint density at radius 2 is 2.27 bits per heavy atom. The number of hydrogen-bond donors (Lipinski definition) is 0. The number of likely N-dealkylation sites (tertiary alicyclic amines) is 1. The molecule has 2 aromatic rings. The van der Waals surface area contributed by atoms with Crippen LogP contribution >= 0.6 is 0 Å². The monoisotopic (exact) mass is 302 g/mol. The lowest BCUT2D eigenvalue weighted by Crippen LogP contribution is -2.38. The number of aryl methyl sites for hydroxylation is 3. The van der Waals surface area contributed by atoms with Crippen LogP contribution in [0.3, 0.4) is 0 Å². The first-order valence-electron chi connectivity index (χ1n) is 7.85. The SMILES string of the molecule is CCc1noc(C)c1C(=O)N1CCC[C@@H]1Cn1cc(C)cn1. The molecule has 6 heteroatoms. The summed E-state index contributed by atoms with van der Waals surface area (Å²) in [6.45, 7) is 7.35. The lowest BCUT2D eigenvalue weighted by Gasteiger charge is -2.24. The van der Waals surface area contributed by atoms with Crippen molar-refractivity contribution < 1.29 is 9.32 Å². The molecule has 0 unspecified atom stereocenters. The highest BCUT2D eigenvalue weighted by Gasteiger charge is 2.33. The average Bonchev–Trinajstić information content (AvgIpc) is 3.19. The van der Waals surface area contributed by atoms with Gasteiger partial charge in [-0.3, -0.25) is 9.48 Å². The molecule has 0 spiro atoms. The highest BCUT2D eigenvalue weighted by Crippen LogP contribution is 2.24. The summed E-state index contributed by atoms with van der Waals surface area (Å²) in [4.78, 5) is 14.9. The van der Waals surface area contributed by atoms with Gasteiger partial charge in [0.25, 0.3) is 5.91 Å². The number of hydrogen-bond acceptors (Lipinski definition) is 4. The maximum Gasteiger partial charge on any atom is 0.259 e. The summed E-state index contributed by atoms with van der Waals surface area (Å²) >= 11 is 0. The van der Waals surface area contributed by atoms with Gasteiger partial charge in [-0.25, -0.2) is 0 Å². The lowest BCUT2D eigenvalue weighted by molar-refractivity contribution is 0.0719. The van der Waals surface area contributed by atoms with E-state index in [-0.39, 0.29) is 11.9 Å². The number of carbonyl (C=O) groups is 1.